The first-order valence-corrected chi connectivity index (χ1v) is 13.5. The molecule has 1 aliphatic rings. The molecule has 200 valence electrons. The number of aromatic nitrogens is 3. The summed E-state index contributed by atoms with van der Waals surface area (Å²) in [4.78, 5) is 19.4. The van der Waals surface area contributed by atoms with Crippen LogP contribution in [0, 0.1) is 6.92 Å². The summed E-state index contributed by atoms with van der Waals surface area (Å²) in [6.07, 6.45) is 5.04. The number of fused-ring (bicyclic) bond motifs is 1. The predicted octanol–water partition coefficient (Wildman–Crippen LogP) is 4.53. The third kappa shape index (κ3) is 4.32. The molecule has 1 saturated heterocycles. The number of hydrogen-bond acceptors (Lipinski definition) is 6. The minimum absolute atomic E-state index is 0.0336. The van der Waals surface area contributed by atoms with E-state index >= 15 is 0 Å². The van der Waals surface area contributed by atoms with Crippen molar-refractivity contribution in [2.24, 2.45) is 0 Å². The Morgan fingerprint density at radius 3 is 2.32 bits per heavy atom. The fourth-order valence-corrected chi connectivity index (χ4v) is 5.65. The van der Waals surface area contributed by atoms with E-state index in [2.05, 4.69) is 9.88 Å². The predicted molar refractivity (Wildman–Crippen MR) is 137 cm³/mol. The molecule has 0 amide bonds. The lowest BCUT2D eigenvalue weighted by molar-refractivity contribution is -0.0436. The number of imidazole rings is 1. The molecule has 2 aromatic carbocycles. The number of alkyl halides is 3. The van der Waals surface area contributed by atoms with Crippen molar-refractivity contribution in [1.29, 1.82) is 0 Å². The Kier molecular flexibility index (Phi) is 6.46. The number of benzene rings is 2. The molecule has 1 N–H and O–H groups in total. The first-order valence-electron chi connectivity index (χ1n) is 12.0. The van der Waals surface area contributed by atoms with Crippen molar-refractivity contribution in [3.63, 3.8) is 0 Å². The van der Waals surface area contributed by atoms with Gasteiger partial charge in [-0.05, 0) is 56.5 Å². The van der Waals surface area contributed by atoms with Gasteiger partial charge in [-0.3, -0.25) is 9.55 Å². The smallest absolute Gasteiger partial charge is 0.493 e. The van der Waals surface area contributed by atoms with Gasteiger partial charge in [0.25, 0.3) is 9.84 Å². The summed E-state index contributed by atoms with van der Waals surface area (Å²) in [5, 5.41) is 11.7. The normalized spacial score (nSPS) is 14.8. The van der Waals surface area contributed by atoms with Gasteiger partial charge in [0.05, 0.1) is 40.2 Å². The second kappa shape index (κ2) is 9.50. The number of para-hydroxylation sites is 1. The Bertz CT molecular complexity index is 1670. The Balaban J connectivity index is 1.59. The maximum atomic E-state index is 13.5. The summed E-state index contributed by atoms with van der Waals surface area (Å²) >= 11 is 0. The van der Waals surface area contributed by atoms with E-state index in [0.717, 1.165) is 83.3 Å². The van der Waals surface area contributed by atoms with Crippen LogP contribution >= 0.6 is 0 Å². The molecule has 38 heavy (non-hydrogen) atoms. The largest absolute Gasteiger partial charge is 0.501 e. The van der Waals surface area contributed by atoms with Crippen LogP contribution < -0.4 is 10.6 Å². The molecule has 2 aromatic heterocycles. The van der Waals surface area contributed by atoms with Gasteiger partial charge in [0.15, 0.2) is 0 Å². The van der Waals surface area contributed by atoms with Gasteiger partial charge in [0, 0.05) is 24.0 Å². The average Bonchev–Trinajstić information content (AvgIpc) is 3.11. The zero-order valence-corrected chi connectivity index (χ0v) is 21.3. The van der Waals surface area contributed by atoms with Crippen LogP contribution in [-0.4, -0.2) is 46.2 Å². The molecule has 0 atom stereocenters. The minimum Gasteiger partial charge on any atom is -0.493 e. The standard InChI is InChI=1S/C26H25F3N4O4S/c1-17-24(34)33(18-9-11-19(12-10-18)38(36,37)26(27,28)29)25(35)32(17)16-21-20-7-3-4-8-22(20)30-15-23(21)31-13-5-2-6-14-31/h3-4,7-12,15,34H,2,5-6,13-14,16H2,1H3. The molecule has 0 unspecified atom stereocenters. The fraction of sp³-hybridized carbons (Fsp3) is 0.308. The highest BCUT2D eigenvalue weighted by Crippen LogP contribution is 2.33. The Hall–Kier alpha value is -3.80. The van der Waals surface area contributed by atoms with Crippen LogP contribution in [0.5, 0.6) is 5.88 Å². The topological polar surface area (TPSA) is 97.4 Å². The lowest BCUT2D eigenvalue weighted by Gasteiger charge is -2.31. The SMILES string of the molecule is Cc1c(O)n(-c2ccc(S(=O)(=O)C(F)(F)F)cc2)c(=O)n1Cc1c(N2CCCCC2)cnc2ccccc12. The van der Waals surface area contributed by atoms with Crippen molar-refractivity contribution in [3.8, 4) is 11.6 Å². The van der Waals surface area contributed by atoms with Crippen LogP contribution in [0.4, 0.5) is 18.9 Å². The maximum absolute atomic E-state index is 13.5. The van der Waals surface area contributed by atoms with E-state index in [1.54, 1.807) is 13.1 Å². The summed E-state index contributed by atoms with van der Waals surface area (Å²) in [5.74, 6) is -0.390. The summed E-state index contributed by atoms with van der Waals surface area (Å²) in [7, 11) is -5.54. The van der Waals surface area contributed by atoms with Crippen LogP contribution in [0.15, 0.2) is 64.4 Å². The molecule has 1 aliphatic heterocycles. The van der Waals surface area contributed by atoms with Gasteiger partial charge in [-0.1, -0.05) is 18.2 Å². The van der Waals surface area contributed by atoms with Gasteiger partial charge >= 0.3 is 11.2 Å². The Morgan fingerprint density at radius 2 is 1.66 bits per heavy atom. The lowest BCUT2D eigenvalue weighted by atomic mass is 10.0. The molecule has 4 aromatic rings. The van der Waals surface area contributed by atoms with Crippen molar-refractivity contribution in [2.75, 3.05) is 18.0 Å². The van der Waals surface area contributed by atoms with Crippen molar-refractivity contribution >= 4 is 26.4 Å². The molecule has 0 aliphatic carbocycles. The molecule has 0 bridgehead atoms. The molecule has 8 nitrogen and oxygen atoms in total. The van der Waals surface area contributed by atoms with Crippen LogP contribution in [0.1, 0.15) is 30.5 Å². The van der Waals surface area contributed by atoms with Crippen molar-refractivity contribution in [1.82, 2.24) is 14.1 Å². The van der Waals surface area contributed by atoms with Crippen LogP contribution in [0.3, 0.4) is 0 Å². The zero-order valence-electron chi connectivity index (χ0n) is 20.4. The molecular formula is C26H25F3N4O4S. The van der Waals surface area contributed by atoms with Gasteiger partial charge in [0.1, 0.15) is 0 Å². The van der Waals surface area contributed by atoms with E-state index in [1.807, 2.05) is 24.3 Å². The summed E-state index contributed by atoms with van der Waals surface area (Å²) in [6.45, 7) is 3.42. The van der Waals surface area contributed by atoms with Crippen LogP contribution in [0.25, 0.3) is 16.6 Å². The number of sulfone groups is 1. The lowest BCUT2D eigenvalue weighted by Crippen LogP contribution is -2.31. The highest BCUT2D eigenvalue weighted by molar-refractivity contribution is 7.92. The van der Waals surface area contributed by atoms with Gasteiger partial charge in [-0.15, -0.1) is 0 Å². The van der Waals surface area contributed by atoms with Gasteiger partial charge in [-0.2, -0.15) is 13.2 Å². The molecule has 3 heterocycles. The number of nitrogens with zero attached hydrogens (tertiary/aromatic N) is 4. The number of piperidine rings is 1. The Labute approximate surface area is 216 Å². The van der Waals surface area contributed by atoms with E-state index in [1.165, 1.54) is 4.57 Å². The quantitative estimate of drug-likeness (QED) is 0.395. The number of halogens is 3. The monoisotopic (exact) mass is 546 g/mol. The van der Waals surface area contributed by atoms with Crippen LogP contribution in [-0.2, 0) is 16.4 Å². The molecule has 0 saturated carbocycles. The van der Waals surface area contributed by atoms with Gasteiger partial charge < -0.3 is 10.0 Å². The number of hydrogen-bond donors (Lipinski definition) is 1. The van der Waals surface area contributed by atoms with Crippen molar-refractivity contribution < 1.29 is 26.7 Å². The average molecular weight is 547 g/mol. The second-order valence-corrected chi connectivity index (χ2v) is 11.2. The van der Waals surface area contributed by atoms with E-state index in [0.29, 0.717) is 0 Å². The zero-order chi connectivity index (χ0) is 27.2. The molecular weight excluding hydrogens is 521 g/mol. The summed E-state index contributed by atoms with van der Waals surface area (Å²) in [5.41, 5.74) is -3.24. The molecule has 1 fully saturated rings. The number of rotatable bonds is 5. The highest BCUT2D eigenvalue weighted by Gasteiger charge is 2.46. The number of pyridine rings is 1. The molecule has 0 radical (unpaired) electrons. The summed E-state index contributed by atoms with van der Waals surface area (Å²) in [6, 6.07) is 11.2. The number of aromatic hydroxyl groups is 1. The maximum Gasteiger partial charge on any atom is 0.501 e. The van der Waals surface area contributed by atoms with E-state index in [9.17, 15) is 31.5 Å². The van der Waals surface area contributed by atoms with E-state index in [4.69, 9.17) is 0 Å². The Morgan fingerprint density at radius 1 is 1.00 bits per heavy atom. The summed E-state index contributed by atoms with van der Waals surface area (Å²) < 4.78 is 64.5. The third-order valence-electron chi connectivity index (χ3n) is 6.95. The van der Waals surface area contributed by atoms with E-state index in [-0.39, 0.29) is 23.8 Å². The molecule has 0 spiro atoms. The van der Waals surface area contributed by atoms with Crippen molar-refractivity contribution in [3.05, 3.63) is 76.5 Å². The minimum atomic E-state index is -5.54. The first-order chi connectivity index (χ1) is 18.0. The van der Waals surface area contributed by atoms with Gasteiger partial charge in [-0.25, -0.2) is 17.8 Å². The second-order valence-electron chi connectivity index (χ2n) is 9.24. The van der Waals surface area contributed by atoms with Crippen molar-refractivity contribution in [2.45, 2.75) is 43.1 Å². The van der Waals surface area contributed by atoms with E-state index < -0.39 is 25.9 Å². The fourth-order valence-electron chi connectivity index (χ4n) is 4.88. The third-order valence-corrected chi connectivity index (χ3v) is 8.45. The van der Waals surface area contributed by atoms with Crippen LogP contribution in [0.2, 0.25) is 0 Å². The number of anilines is 1. The van der Waals surface area contributed by atoms with Gasteiger partial charge in [0.2, 0.25) is 5.88 Å². The molecule has 5 rings (SSSR count). The highest BCUT2D eigenvalue weighted by atomic mass is 32.2. The first kappa shape index (κ1) is 25.8. The molecule has 12 heteroatoms.